The van der Waals surface area contributed by atoms with Crippen LogP contribution in [0.4, 0.5) is 0 Å². The molecule has 2 heterocycles. The number of rotatable bonds is 9. The van der Waals surface area contributed by atoms with E-state index in [4.69, 9.17) is 14.5 Å². The molecule has 0 unspecified atom stereocenters. The Morgan fingerprint density at radius 1 is 1.02 bits per heavy atom. The zero-order chi connectivity index (χ0) is 29.6. The van der Waals surface area contributed by atoms with Crippen molar-refractivity contribution in [1.29, 1.82) is 0 Å². The first-order chi connectivity index (χ1) is 21.1. The smallest absolute Gasteiger partial charge is 0.275 e. The van der Waals surface area contributed by atoms with Gasteiger partial charge in [-0.15, -0.1) is 0 Å². The lowest BCUT2D eigenvalue weighted by Crippen LogP contribution is -2.54. The van der Waals surface area contributed by atoms with E-state index in [2.05, 4.69) is 11.4 Å². The number of aromatic nitrogens is 2. The molecular formula is C36H44N4O4. The third-order valence-corrected chi connectivity index (χ3v) is 8.74. The minimum atomic E-state index is -1.03. The molecular weight excluding hydrogens is 552 g/mol. The van der Waals surface area contributed by atoms with E-state index in [0.717, 1.165) is 47.6 Å². The van der Waals surface area contributed by atoms with Crippen molar-refractivity contribution >= 4 is 5.91 Å². The molecule has 2 aliphatic rings. The van der Waals surface area contributed by atoms with Crippen LogP contribution in [0.5, 0.6) is 11.5 Å². The maximum absolute atomic E-state index is 14.5. The molecule has 2 N–H and O–H groups in total. The molecule has 4 aromatic rings. The summed E-state index contributed by atoms with van der Waals surface area (Å²) in [7, 11) is 1.62. The van der Waals surface area contributed by atoms with Crippen molar-refractivity contribution in [1.82, 2.24) is 19.8 Å². The molecule has 8 heteroatoms. The summed E-state index contributed by atoms with van der Waals surface area (Å²) in [6.45, 7) is 2.19. The second kappa shape index (κ2) is 14.2. The molecule has 6 rings (SSSR count). The molecule has 1 aliphatic carbocycles. The number of carbonyl (C=O) groups is 1. The van der Waals surface area contributed by atoms with E-state index in [9.17, 15) is 9.90 Å². The van der Waals surface area contributed by atoms with Crippen molar-refractivity contribution in [3.05, 3.63) is 103 Å². The van der Waals surface area contributed by atoms with Gasteiger partial charge < -0.3 is 29.4 Å². The van der Waals surface area contributed by atoms with Gasteiger partial charge in [0.15, 0.2) is 5.69 Å². The lowest BCUT2D eigenvalue weighted by atomic mass is 9.80. The van der Waals surface area contributed by atoms with Gasteiger partial charge in [-0.2, -0.15) is 0 Å². The van der Waals surface area contributed by atoms with Gasteiger partial charge in [-0.05, 0) is 43.0 Å². The first-order valence-electron chi connectivity index (χ1n) is 15.2. The number of aliphatic hydroxyl groups is 1. The van der Waals surface area contributed by atoms with E-state index in [0.29, 0.717) is 38.2 Å². The third kappa shape index (κ3) is 6.58. The van der Waals surface area contributed by atoms with Crippen LogP contribution in [0.3, 0.4) is 0 Å². The number of imidazole rings is 1. The third-order valence-electron chi connectivity index (χ3n) is 8.74. The van der Waals surface area contributed by atoms with Crippen molar-refractivity contribution in [3.8, 4) is 22.8 Å². The van der Waals surface area contributed by atoms with Crippen LogP contribution < -0.4 is 10.1 Å². The maximum atomic E-state index is 14.5. The number of piperazine rings is 1. The van der Waals surface area contributed by atoms with Gasteiger partial charge in [0.2, 0.25) is 0 Å². The van der Waals surface area contributed by atoms with Gasteiger partial charge in [-0.3, -0.25) is 4.79 Å². The molecule has 232 valence electrons. The summed E-state index contributed by atoms with van der Waals surface area (Å²) < 4.78 is 13.7. The fraction of sp³-hybridized carbons (Fsp3) is 0.389. The monoisotopic (exact) mass is 596 g/mol. The zero-order valence-electron chi connectivity index (χ0n) is 24.7. The van der Waals surface area contributed by atoms with E-state index >= 15 is 0 Å². The number of amides is 1. The van der Waals surface area contributed by atoms with Gasteiger partial charge >= 0.3 is 0 Å². The SMILES string of the molecule is C.COC[C@]1(O)CCCC[C@H]1n1cnc(C(=O)N2CCNC[C@H]2Cc2ccccc2Oc2ccccc2)c1-c1ccccc1. The Morgan fingerprint density at radius 2 is 1.75 bits per heavy atom. The van der Waals surface area contributed by atoms with Crippen LogP contribution in [0.15, 0.2) is 91.3 Å². The summed E-state index contributed by atoms with van der Waals surface area (Å²) in [6, 6.07) is 27.4. The van der Waals surface area contributed by atoms with Crippen LogP contribution in [0.25, 0.3) is 11.3 Å². The second-order valence-electron chi connectivity index (χ2n) is 11.6. The highest BCUT2D eigenvalue weighted by molar-refractivity contribution is 5.98. The first kappa shape index (κ1) is 31.4. The van der Waals surface area contributed by atoms with Crippen molar-refractivity contribution in [2.75, 3.05) is 33.4 Å². The van der Waals surface area contributed by atoms with Gasteiger partial charge in [-0.1, -0.05) is 87.0 Å². The molecule has 0 radical (unpaired) electrons. The predicted molar refractivity (Wildman–Crippen MR) is 173 cm³/mol. The number of hydrogen-bond donors (Lipinski definition) is 2. The molecule has 1 aliphatic heterocycles. The number of ether oxygens (including phenoxy) is 2. The summed E-state index contributed by atoms with van der Waals surface area (Å²) in [4.78, 5) is 21.2. The van der Waals surface area contributed by atoms with E-state index in [1.165, 1.54) is 0 Å². The average Bonchev–Trinajstić information content (AvgIpc) is 3.48. The summed E-state index contributed by atoms with van der Waals surface area (Å²) >= 11 is 0. The number of benzene rings is 3. The Labute approximate surface area is 260 Å². The van der Waals surface area contributed by atoms with Crippen LogP contribution in [0, 0.1) is 0 Å². The number of carbonyl (C=O) groups excluding carboxylic acids is 1. The van der Waals surface area contributed by atoms with E-state index in [1.54, 1.807) is 13.4 Å². The minimum Gasteiger partial charge on any atom is -0.457 e. The highest BCUT2D eigenvalue weighted by Gasteiger charge is 2.42. The minimum absolute atomic E-state index is 0. The van der Waals surface area contributed by atoms with Crippen molar-refractivity contribution in [2.24, 2.45) is 0 Å². The Hall–Kier alpha value is -3.98. The van der Waals surface area contributed by atoms with Gasteiger partial charge in [-0.25, -0.2) is 4.98 Å². The van der Waals surface area contributed by atoms with Gasteiger partial charge in [0.05, 0.1) is 24.7 Å². The number of nitrogens with one attached hydrogen (secondary N) is 1. The van der Waals surface area contributed by atoms with E-state index < -0.39 is 5.60 Å². The van der Waals surface area contributed by atoms with Gasteiger partial charge in [0.1, 0.15) is 17.1 Å². The Kier molecular flexibility index (Phi) is 10.1. The maximum Gasteiger partial charge on any atom is 0.275 e. The Bertz CT molecular complexity index is 1510. The molecule has 1 amide bonds. The number of methoxy groups -OCH3 is 1. The normalized spacial score (nSPS) is 21.8. The highest BCUT2D eigenvalue weighted by atomic mass is 16.5. The van der Waals surface area contributed by atoms with Gasteiger partial charge in [0, 0.05) is 38.3 Å². The van der Waals surface area contributed by atoms with E-state index in [1.807, 2.05) is 88.3 Å². The molecule has 8 nitrogen and oxygen atoms in total. The average molecular weight is 597 g/mol. The Morgan fingerprint density at radius 3 is 2.52 bits per heavy atom. The van der Waals surface area contributed by atoms with Crippen LogP contribution in [-0.2, 0) is 11.2 Å². The summed E-state index contributed by atoms with van der Waals surface area (Å²) in [6.07, 6.45) is 5.75. The molecule has 1 saturated heterocycles. The quantitative estimate of drug-likeness (QED) is 0.242. The summed E-state index contributed by atoms with van der Waals surface area (Å²) in [5.41, 5.74) is 2.08. The largest absolute Gasteiger partial charge is 0.457 e. The topological polar surface area (TPSA) is 88.8 Å². The highest BCUT2D eigenvalue weighted by Crippen LogP contribution is 2.41. The fourth-order valence-corrected chi connectivity index (χ4v) is 6.64. The second-order valence-corrected chi connectivity index (χ2v) is 11.6. The molecule has 2 fully saturated rings. The summed E-state index contributed by atoms with van der Waals surface area (Å²) in [5, 5.41) is 15.2. The predicted octanol–water partition coefficient (Wildman–Crippen LogP) is 6.13. The number of para-hydroxylation sites is 2. The van der Waals surface area contributed by atoms with Crippen LogP contribution in [0.2, 0.25) is 0 Å². The van der Waals surface area contributed by atoms with Crippen LogP contribution in [0.1, 0.15) is 55.2 Å². The molecule has 0 spiro atoms. The number of hydrogen-bond acceptors (Lipinski definition) is 6. The molecule has 1 aromatic heterocycles. The van der Waals surface area contributed by atoms with Crippen molar-refractivity contribution in [3.63, 3.8) is 0 Å². The zero-order valence-corrected chi connectivity index (χ0v) is 24.7. The molecule has 44 heavy (non-hydrogen) atoms. The lowest BCUT2D eigenvalue weighted by Gasteiger charge is -2.41. The Balaban J connectivity index is 0.00000384. The lowest BCUT2D eigenvalue weighted by molar-refractivity contribution is -0.0893. The summed E-state index contributed by atoms with van der Waals surface area (Å²) in [5.74, 6) is 1.46. The number of nitrogens with zero attached hydrogens (tertiary/aromatic N) is 3. The van der Waals surface area contributed by atoms with Crippen molar-refractivity contribution < 1.29 is 19.4 Å². The first-order valence-corrected chi connectivity index (χ1v) is 15.2. The molecule has 0 bridgehead atoms. The van der Waals surface area contributed by atoms with Crippen LogP contribution in [-0.4, -0.2) is 70.5 Å². The van der Waals surface area contributed by atoms with Crippen LogP contribution >= 0.6 is 0 Å². The van der Waals surface area contributed by atoms with Gasteiger partial charge in [0.25, 0.3) is 5.91 Å². The molecule has 3 atom stereocenters. The van der Waals surface area contributed by atoms with Crippen molar-refractivity contribution in [2.45, 2.75) is 57.2 Å². The fourth-order valence-electron chi connectivity index (χ4n) is 6.64. The molecule has 3 aromatic carbocycles. The standard InChI is InChI=1S/C35H40N4O4.CH4/c1-42-24-35(41)19-11-10-18-31(35)39-25-37-32(33(39)26-12-4-2-5-13-26)34(40)38-21-20-36-23-28(38)22-27-14-8-9-17-30(27)43-29-15-6-3-7-16-29;/h2-9,12-17,25,28,31,36,41H,10-11,18-24H2,1H3;1H4/t28-,31-,35-;/m1./s1. The van der Waals surface area contributed by atoms with E-state index in [-0.39, 0.29) is 32.0 Å². The molecule has 1 saturated carbocycles.